The van der Waals surface area contributed by atoms with E-state index in [1.54, 1.807) is 49.3 Å². The molecule has 1 aromatic heterocycles. The molecular formula is C14H17N3O3. The summed E-state index contributed by atoms with van der Waals surface area (Å²) in [6.45, 7) is 2.25. The van der Waals surface area contributed by atoms with Gasteiger partial charge in [0, 0.05) is 19.8 Å². The third kappa shape index (κ3) is 2.85. The van der Waals surface area contributed by atoms with Crippen molar-refractivity contribution in [3.8, 4) is 0 Å². The Kier molecular flexibility index (Phi) is 4.14. The lowest BCUT2D eigenvalue weighted by molar-refractivity contribution is -0.382. The Morgan fingerprint density at radius 1 is 1.45 bits per heavy atom. The molecule has 20 heavy (non-hydrogen) atoms. The number of benzene rings is 1. The van der Waals surface area contributed by atoms with E-state index in [-0.39, 0.29) is 10.6 Å². The molecule has 1 unspecified atom stereocenters. The standard InChI is InChI=1S/C14H17N3O3/c1-10(18)7-9-16(2)13-6-5-12-11(4-3-8-15-12)14(13)17(19)20/h3-6,8,10,18H,7,9H2,1-2H3. The predicted octanol–water partition coefficient (Wildman–Crippen LogP) is 2.35. The van der Waals surface area contributed by atoms with Gasteiger partial charge < -0.3 is 10.0 Å². The van der Waals surface area contributed by atoms with Crippen LogP contribution in [0, 0.1) is 10.1 Å². The summed E-state index contributed by atoms with van der Waals surface area (Å²) in [6.07, 6.45) is 1.74. The lowest BCUT2D eigenvalue weighted by Crippen LogP contribution is -2.22. The highest BCUT2D eigenvalue weighted by molar-refractivity contribution is 5.94. The largest absolute Gasteiger partial charge is 0.393 e. The molecule has 6 heteroatoms. The molecule has 1 atom stereocenters. The first-order valence-electron chi connectivity index (χ1n) is 6.42. The van der Waals surface area contributed by atoms with Crippen LogP contribution in [-0.2, 0) is 0 Å². The SMILES string of the molecule is CC(O)CCN(C)c1ccc2ncccc2c1[N+](=O)[O-]. The molecule has 0 bridgehead atoms. The van der Waals surface area contributed by atoms with Gasteiger partial charge in [0.15, 0.2) is 0 Å². The Morgan fingerprint density at radius 3 is 2.85 bits per heavy atom. The second-order valence-electron chi connectivity index (χ2n) is 4.82. The van der Waals surface area contributed by atoms with Crippen LogP contribution < -0.4 is 4.90 Å². The number of fused-ring (bicyclic) bond motifs is 1. The molecule has 0 saturated carbocycles. The normalized spacial score (nSPS) is 12.3. The third-order valence-electron chi connectivity index (χ3n) is 3.21. The fraction of sp³-hybridized carbons (Fsp3) is 0.357. The van der Waals surface area contributed by atoms with E-state index in [9.17, 15) is 15.2 Å². The van der Waals surface area contributed by atoms with Crippen LogP contribution in [0.25, 0.3) is 10.9 Å². The Morgan fingerprint density at radius 2 is 2.20 bits per heavy atom. The third-order valence-corrected chi connectivity index (χ3v) is 3.21. The average Bonchev–Trinajstić information content (AvgIpc) is 2.43. The molecule has 1 N–H and O–H groups in total. The van der Waals surface area contributed by atoms with Gasteiger partial charge in [-0.1, -0.05) is 0 Å². The van der Waals surface area contributed by atoms with Gasteiger partial charge in [0.1, 0.15) is 5.69 Å². The molecule has 0 aliphatic heterocycles. The van der Waals surface area contributed by atoms with Crippen molar-refractivity contribution in [1.29, 1.82) is 0 Å². The molecule has 0 fully saturated rings. The van der Waals surface area contributed by atoms with Crippen LogP contribution in [-0.4, -0.2) is 34.7 Å². The summed E-state index contributed by atoms with van der Waals surface area (Å²) in [5.74, 6) is 0. The van der Waals surface area contributed by atoms with Crippen molar-refractivity contribution in [2.45, 2.75) is 19.4 Å². The lowest BCUT2D eigenvalue weighted by Gasteiger charge is -2.20. The van der Waals surface area contributed by atoms with Crippen molar-refractivity contribution < 1.29 is 10.0 Å². The van der Waals surface area contributed by atoms with Gasteiger partial charge in [-0.05, 0) is 37.6 Å². The number of rotatable bonds is 5. The molecule has 2 rings (SSSR count). The molecule has 1 heterocycles. The first-order chi connectivity index (χ1) is 9.50. The Balaban J connectivity index is 2.47. The Labute approximate surface area is 116 Å². The number of pyridine rings is 1. The van der Waals surface area contributed by atoms with Crippen molar-refractivity contribution in [1.82, 2.24) is 4.98 Å². The number of nitro benzene ring substituents is 1. The molecule has 1 aromatic carbocycles. The summed E-state index contributed by atoms with van der Waals surface area (Å²) in [4.78, 5) is 16.9. The van der Waals surface area contributed by atoms with Gasteiger partial charge in [0.2, 0.25) is 0 Å². The molecule has 0 aliphatic rings. The molecule has 106 valence electrons. The van der Waals surface area contributed by atoms with Crippen molar-refractivity contribution in [2.24, 2.45) is 0 Å². The molecule has 0 saturated heterocycles. The molecule has 0 spiro atoms. The van der Waals surface area contributed by atoms with E-state index >= 15 is 0 Å². The number of aliphatic hydroxyl groups is 1. The van der Waals surface area contributed by atoms with Gasteiger partial charge in [-0.25, -0.2) is 0 Å². The van der Waals surface area contributed by atoms with Crippen molar-refractivity contribution >= 4 is 22.3 Å². The van der Waals surface area contributed by atoms with Crippen LogP contribution >= 0.6 is 0 Å². The average molecular weight is 275 g/mol. The van der Waals surface area contributed by atoms with Gasteiger partial charge in [-0.2, -0.15) is 0 Å². The van der Waals surface area contributed by atoms with Crippen LogP contribution in [0.1, 0.15) is 13.3 Å². The number of hydrogen-bond acceptors (Lipinski definition) is 5. The summed E-state index contributed by atoms with van der Waals surface area (Å²) in [5.41, 5.74) is 1.20. The minimum absolute atomic E-state index is 0.0590. The number of anilines is 1. The summed E-state index contributed by atoms with van der Waals surface area (Å²) in [6, 6.07) is 6.87. The number of aliphatic hydroxyl groups excluding tert-OH is 1. The van der Waals surface area contributed by atoms with E-state index in [1.807, 2.05) is 0 Å². The fourth-order valence-electron chi connectivity index (χ4n) is 2.13. The highest BCUT2D eigenvalue weighted by atomic mass is 16.6. The van der Waals surface area contributed by atoms with E-state index < -0.39 is 6.10 Å². The number of nitrogens with zero attached hydrogens (tertiary/aromatic N) is 3. The minimum atomic E-state index is -0.432. The number of hydrogen-bond donors (Lipinski definition) is 1. The van der Waals surface area contributed by atoms with Crippen molar-refractivity contribution in [2.75, 3.05) is 18.5 Å². The maximum atomic E-state index is 11.4. The van der Waals surface area contributed by atoms with E-state index in [2.05, 4.69) is 4.98 Å². The zero-order valence-corrected chi connectivity index (χ0v) is 11.5. The second-order valence-corrected chi connectivity index (χ2v) is 4.82. The molecule has 0 amide bonds. The summed E-state index contributed by atoms with van der Waals surface area (Å²) in [7, 11) is 1.78. The quantitative estimate of drug-likeness (QED) is 0.669. The molecular weight excluding hydrogens is 258 g/mol. The predicted molar refractivity (Wildman–Crippen MR) is 78.0 cm³/mol. The van der Waals surface area contributed by atoms with Crippen molar-refractivity contribution in [3.63, 3.8) is 0 Å². The van der Waals surface area contributed by atoms with Gasteiger partial charge in [-0.3, -0.25) is 15.1 Å². The van der Waals surface area contributed by atoms with Crippen LogP contribution in [0.4, 0.5) is 11.4 Å². The number of nitro groups is 1. The van der Waals surface area contributed by atoms with E-state index in [0.29, 0.717) is 29.6 Å². The first kappa shape index (κ1) is 14.2. The van der Waals surface area contributed by atoms with E-state index in [1.165, 1.54) is 0 Å². The lowest BCUT2D eigenvalue weighted by atomic mass is 10.1. The first-order valence-corrected chi connectivity index (χ1v) is 6.42. The summed E-state index contributed by atoms with van der Waals surface area (Å²) in [5, 5.41) is 21.2. The smallest absolute Gasteiger partial charge is 0.301 e. The zero-order valence-electron chi connectivity index (χ0n) is 11.5. The Bertz CT molecular complexity index is 628. The molecule has 0 aliphatic carbocycles. The van der Waals surface area contributed by atoms with Crippen LogP contribution in [0.5, 0.6) is 0 Å². The molecule has 0 radical (unpaired) electrons. The summed E-state index contributed by atoms with van der Waals surface area (Å²) >= 11 is 0. The monoisotopic (exact) mass is 275 g/mol. The van der Waals surface area contributed by atoms with Crippen LogP contribution in [0.2, 0.25) is 0 Å². The van der Waals surface area contributed by atoms with Gasteiger partial charge in [0.25, 0.3) is 0 Å². The van der Waals surface area contributed by atoms with Gasteiger partial charge in [0.05, 0.1) is 21.9 Å². The zero-order chi connectivity index (χ0) is 14.7. The molecule has 2 aromatic rings. The van der Waals surface area contributed by atoms with Crippen LogP contribution in [0.15, 0.2) is 30.5 Å². The minimum Gasteiger partial charge on any atom is -0.393 e. The maximum Gasteiger partial charge on any atom is 0.301 e. The second kappa shape index (κ2) is 5.83. The maximum absolute atomic E-state index is 11.4. The summed E-state index contributed by atoms with van der Waals surface area (Å²) < 4.78 is 0. The fourth-order valence-corrected chi connectivity index (χ4v) is 2.13. The highest BCUT2D eigenvalue weighted by Gasteiger charge is 2.21. The Hall–Kier alpha value is -2.21. The number of aromatic nitrogens is 1. The van der Waals surface area contributed by atoms with E-state index in [0.717, 1.165) is 0 Å². The highest BCUT2D eigenvalue weighted by Crippen LogP contribution is 2.34. The topological polar surface area (TPSA) is 79.5 Å². The van der Waals surface area contributed by atoms with Crippen molar-refractivity contribution in [3.05, 3.63) is 40.6 Å². The molecule has 6 nitrogen and oxygen atoms in total. The van der Waals surface area contributed by atoms with Crippen LogP contribution in [0.3, 0.4) is 0 Å². The van der Waals surface area contributed by atoms with Gasteiger partial charge in [-0.15, -0.1) is 0 Å². The van der Waals surface area contributed by atoms with Gasteiger partial charge >= 0.3 is 5.69 Å². The van der Waals surface area contributed by atoms with E-state index in [4.69, 9.17) is 0 Å².